The normalized spacial score (nSPS) is 10.6. The Bertz CT molecular complexity index is 839. The Balaban J connectivity index is 1.50. The molecule has 2 N–H and O–H groups in total. The highest BCUT2D eigenvalue weighted by Gasteiger charge is 2.04. The molecule has 0 amide bonds. The van der Waals surface area contributed by atoms with Crippen LogP contribution in [0.15, 0.2) is 48.9 Å². The van der Waals surface area contributed by atoms with Gasteiger partial charge in [-0.15, -0.1) is 0 Å². The van der Waals surface area contributed by atoms with Crippen molar-refractivity contribution in [2.45, 2.75) is 26.6 Å². The van der Waals surface area contributed by atoms with E-state index in [0.29, 0.717) is 18.2 Å². The molecule has 0 bridgehead atoms. The third-order valence-electron chi connectivity index (χ3n) is 3.60. The van der Waals surface area contributed by atoms with Gasteiger partial charge in [0.2, 0.25) is 0 Å². The summed E-state index contributed by atoms with van der Waals surface area (Å²) in [6, 6.07) is 8.32. The summed E-state index contributed by atoms with van der Waals surface area (Å²) in [5, 5.41) is 15.4. The lowest BCUT2D eigenvalue weighted by Crippen LogP contribution is -2.28. The highest BCUT2D eigenvalue weighted by molar-refractivity contribution is 7.80. The van der Waals surface area contributed by atoms with Crippen molar-refractivity contribution in [2.75, 3.05) is 5.32 Å². The van der Waals surface area contributed by atoms with Gasteiger partial charge in [0.15, 0.2) is 5.11 Å². The molecule has 2 aromatic heterocycles. The predicted octanol–water partition coefficient (Wildman–Crippen LogP) is 2.77. The average Bonchev–Trinajstić information content (AvgIpc) is 3.24. The highest BCUT2D eigenvalue weighted by atomic mass is 32.1. The van der Waals surface area contributed by atoms with Crippen molar-refractivity contribution in [3.8, 4) is 0 Å². The van der Waals surface area contributed by atoms with Crippen molar-refractivity contribution in [3.05, 3.63) is 66.0 Å². The van der Waals surface area contributed by atoms with Gasteiger partial charge in [-0.05, 0) is 42.9 Å². The number of nitrogens with zero attached hydrogens (tertiary/aromatic N) is 4. The van der Waals surface area contributed by atoms with E-state index in [1.165, 1.54) is 12.1 Å². The number of halogens is 1. The second-order valence-electron chi connectivity index (χ2n) is 5.52. The smallest absolute Gasteiger partial charge is 0.171 e. The van der Waals surface area contributed by atoms with Gasteiger partial charge in [-0.3, -0.25) is 9.36 Å². The summed E-state index contributed by atoms with van der Waals surface area (Å²) in [5.41, 5.74) is 2.69. The van der Waals surface area contributed by atoms with E-state index >= 15 is 0 Å². The molecule has 0 aliphatic rings. The zero-order valence-corrected chi connectivity index (χ0v) is 14.6. The highest BCUT2D eigenvalue weighted by Crippen LogP contribution is 2.09. The summed E-state index contributed by atoms with van der Waals surface area (Å²) >= 11 is 5.29. The molecule has 2 heterocycles. The van der Waals surface area contributed by atoms with Gasteiger partial charge in [0.25, 0.3) is 0 Å². The Morgan fingerprint density at radius 1 is 1.20 bits per heavy atom. The maximum atomic E-state index is 12.9. The van der Waals surface area contributed by atoms with Crippen LogP contribution >= 0.6 is 12.2 Å². The van der Waals surface area contributed by atoms with Crippen molar-refractivity contribution >= 4 is 23.0 Å². The van der Waals surface area contributed by atoms with Crippen LogP contribution in [-0.2, 0) is 19.6 Å². The van der Waals surface area contributed by atoms with E-state index < -0.39 is 0 Å². The second-order valence-corrected chi connectivity index (χ2v) is 5.93. The van der Waals surface area contributed by atoms with Crippen LogP contribution in [0.2, 0.25) is 0 Å². The van der Waals surface area contributed by atoms with Crippen LogP contribution < -0.4 is 10.6 Å². The molecule has 0 saturated heterocycles. The quantitative estimate of drug-likeness (QED) is 0.664. The summed E-state index contributed by atoms with van der Waals surface area (Å²) in [4.78, 5) is 0. The van der Waals surface area contributed by atoms with Crippen LogP contribution in [0.5, 0.6) is 0 Å². The number of nitrogens with one attached hydrogen (secondary N) is 2. The third kappa shape index (κ3) is 4.87. The zero-order valence-electron chi connectivity index (χ0n) is 13.8. The second kappa shape index (κ2) is 7.89. The first-order chi connectivity index (χ1) is 12.1. The fraction of sp³-hybridized carbons (Fsp3) is 0.235. The summed E-state index contributed by atoms with van der Waals surface area (Å²) < 4.78 is 16.6. The van der Waals surface area contributed by atoms with Crippen LogP contribution in [-0.4, -0.2) is 24.7 Å². The van der Waals surface area contributed by atoms with Crippen LogP contribution in [0, 0.1) is 5.82 Å². The molecule has 0 aliphatic carbocycles. The number of aryl methyl sites for hydroxylation is 1. The van der Waals surface area contributed by atoms with E-state index in [1.54, 1.807) is 23.0 Å². The van der Waals surface area contributed by atoms with E-state index in [0.717, 1.165) is 23.5 Å². The Morgan fingerprint density at radius 3 is 2.72 bits per heavy atom. The third-order valence-corrected chi connectivity index (χ3v) is 3.85. The van der Waals surface area contributed by atoms with Crippen LogP contribution in [0.1, 0.15) is 18.2 Å². The molecular weight excluding hydrogens is 339 g/mol. The fourth-order valence-corrected chi connectivity index (χ4v) is 2.50. The summed E-state index contributed by atoms with van der Waals surface area (Å²) in [6.07, 6.45) is 5.49. The molecule has 0 aliphatic heterocycles. The van der Waals surface area contributed by atoms with E-state index in [2.05, 4.69) is 20.8 Å². The van der Waals surface area contributed by atoms with Crippen LogP contribution in [0.4, 0.5) is 10.1 Å². The van der Waals surface area contributed by atoms with Crippen LogP contribution in [0.3, 0.4) is 0 Å². The van der Waals surface area contributed by atoms with Crippen molar-refractivity contribution in [1.82, 2.24) is 24.9 Å². The topological polar surface area (TPSA) is 59.7 Å². The lowest BCUT2D eigenvalue weighted by molar-refractivity contribution is 0.624. The lowest BCUT2D eigenvalue weighted by atomic mass is 10.2. The molecular formula is C17H19FN6S. The first-order valence-electron chi connectivity index (χ1n) is 7.96. The van der Waals surface area contributed by atoms with Gasteiger partial charge in [0.1, 0.15) is 5.82 Å². The zero-order chi connectivity index (χ0) is 17.6. The number of aromatic nitrogens is 4. The molecule has 25 heavy (non-hydrogen) atoms. The van der Waals surface area contributed by atoms with E-state index in [9.17, 15) is 4.39 Å². The van der Waals surface area contributed by atoms with Crippen molar-refractivity contribution in [3.63, 3.8) is 0 Å². The molecule has 6 nitrogen and oxygen atoms in total. The van der Waals surface area contributed by atoms with Crippen molar-refractivity contribution in [1.29, 1.82) is 0 Å². The van der Waals surface area contributed by atoms with Gasteiger partial charge >= 0.3 is 0 Å². The minimum absolute atomic E-state index is 0.244. The van der Waals surface area contributed by atoms with Gasteiger partial charge in [-0.2, -0.15) is 10.2 Å². The van der Waals surface area contributed by atoms with E-state index in [1.807, 2.05) is 30.1 Å². The van der Waals surface area contributed by atoms with Crippen molar-refractivity contribution in [2.24, 2.45) is 0 Å². The summed E-state index contributed by atoms with van der Waals surface area (Å²) in [7, 11) is 0. The number of rotatable bonds is 6. The molecule has 0 radical (unpaired) electrons. The first kappa shape index (κ1) is 17.1. The number of thiocarbonyl (C=S) groups is 1. The molecule has 0 unspecified atom stereocenters. The largest absolute Gasteiger partial charge is 0.357 e. The van der Waals surface area contributed by atoms with Crippen molar-refractivity contribution < 1.29 is 4.39 Å². The number of anilines is 1. The number of hydrogen-bond donors (Lipinski definition) is 2. The number of hydrogen-bond acceptors (Lipinski definition) is 3. The SMILES string of the molecule is CCn1ccc(CNC(=S)Nc2cnn(Cc3ccc(F)cc3)c2)n1. The van der Waals surface area contributed by atoms with Gasteiger partial charge in [-0.1, -0.05) is 12.1 Å². The van der Waals surface area contributed by atoms with Gasteiger partial charge in [0.05, 0.1) is 30.7 Å². The molecule has 0 fully saturated rings. The lowest BCUT2D eigenvalue weighted by Gasteiger charge is -2.07. The molecule has 3 aromatic rings. The average molecular weight is 358 g/mol. The molecule has 8 heteroatoms. The minimum Gasteiger partial charge on any atom is -0.357 e. The molecule has 3 rings (SSSR count). The maximum Gasteiger partial charge on any atom is 0.171 e. The van der Waals surface area contributed by atoms with Gasteiger partial charge in [-0.25, -0.2) is 4.39 Å². The Morgan fingerprint density at radius 2 is 2.00 bits per heavy atom. The summed E-state index contributed by atoms with van der Waals surface area (Å²) in [6.45, 7) is 4.01. The minimum atomic E-state index is -0.244. The summed E-state index contributed by atoms with van der Waals surface area (Å²) in [5.74, 6) is -0.244. The molecule has 130 valence electrons. The van der Waals surface area contributed by atoms with E-state index in [-0.39, 0.29) is 5.82 Å². The van der Waals surface area contributed by atoms with Gasteiger partial charge in [0, 0.05) is 18.9 Å². The van der Waals surface area contributed by atoms with Gasteiger partial charge < -0.3 is 10.6 Å². The Labute approximate surface area is 150 Å². The molecule has 0 spiro atoms. The molecule has 0 saturated carbocycles. The maximum absolute atomic E-state index is 12.9. The van der Waals surface area contributed by atoms with Crippen LogP contribution in [0.25, 0.3) is 0 Å². The standard InChI is InChI=1S/C17H19FN6S/c1-2-23-8-7-15(22-23)9-19-17(25)21-16-10-20-24(12-16)11-13-3-5-14(18)6-4-13/h3-8,10,12H,2,9,11H2,1H3,(H2,19,21,25). The first-order valence-corrected chi connectivity index (χ1v) is 8.37. The Hall–Kier alpha value is -2.74. The fourth-order valence-electron chi connectivity index (χ4n) is 2.31. The van der Waals surface area contributed by atoms with E-state index in [4.69, 9.17) is 12.2 Å². The number of benzene rings is 1. The molecule has 1 aromatic carbocycles. The predicted molar refractivity (Wildman–Crippen MR) is 98.7 cm³/mol. The Kier molecular flexibility index (Phi) is 5.39. The monoisotopic (exact) mass is 358 g/mol. The molecule has 0 atom stereocenters.